The lowest BCUT2D eigenvalue weighted by Gasteiger charge is -2.24. The standard InChI is InChI=1S/C9H16BrN3/c1-9(2,4-5-11)8-7(10)6-12-13(8)3/h6H,4-5,11H2,1-3H3. The van der Waals surface area contributed by atoms with Crippen molar-refractivity contribution in [2.75, 3.05) is 6.54 Å². The Hall–Kier alpha value is -0.350. The minimum absolute atomic E-state index is 0.0822. The zero-order chi connectivity index (χ0) is 10.1. The first-order valence-corrected chi connectivity index (χ1v) is 5.16. The molecule has 4 heteroatoms. The van der Waals surface area contributed by atoms with Crippen molar-refractivity contribution in [1.82, 2.24) is 9.78 Å². The highest BCUT2D eigenvalue weighted by Crippen LogP contribution is 2.31. The largest absolute Gasteiger partial charge is 0.330 e. The van der Waals surface area contributed by atoms with Crippen molar-refractivity contribution in [3.8, 4) is 0 Å². The van der Waals surface area contributed by atoms with Crippen LogP contribution >= 0.6 is 15.9 Å². The number of hydrogen-bond acceptors (Lipinski definition) is 2. The van der Waals surface area contributed by atoms with Crippen LogP contribution in [0.15, 0.2) is 10.7 Å². The van der Waals surface area contributed by atoms with E-state index in [4.69, 9.17) is 5.73 Å². The van der Waals surface area contributed by atoms with Gasteiger partial charge in [0, 0.05) is 12.5 Å². The Kier molecular flexibility index (Phi) is 3.14. The highest BCUT2D eigenvalue weighted by Gasteiger charge is 2.25. The highest BCUT2D eigenvalue weighted by atomic mass is 79.9. The molecule has 0 saturated heterocycles. The van der Waals surface area contributed by atoms with Crippen molar-refractivity contribution in [2.45, 2.75) is 25.7 Å². The molecule has 2 N–H and O–H groups in total. The molecule has 0 fully saturated rings. The topological polar surface area (TPSA) is 43.8 Å². The van der Waals surface area contributed by atoms with Gasteiger partial charge in [-0.3, -0.25) is 4.68 Å². The summed E-state index contributed by atoms with van der Waals surface area (Å²) in [5.74, 6) is 0. The average molecular weight is 246 g/mol. The Balaban J connectivity index is 3.05. The second kappa shape index (κ2) is 3.80. The lowest BCUT2D eigenvalue weighted by Crippen LogP contribution is -2.25. The van der Waals surface area contributed by atoms with Crippen LogP contribution in [-0.2, 0) is 12.5 Å². The van der Waals surface area contributed by atoms with E-state index in [0.29, 0.717) is 6.54 Å². The van der Waals surface area contributed by atoms with Gasteiger partial charge in [-0.2, -0.15) is 5.10 Å². The maximum Gasteiger partial charge on any atom is 0.0635 e. The lowest BCUT2D eigenvalue weighted by molar-refractivity contribution is 0.445. The van der Waals surface area contributed by atoms with Crippen LogP contribution in [0.25, 0.3) is 0 Å². The Morgan fingerprint density at radius 1 is 1.62 bits per heavy atom. The van der Waals surface area contributed by atoms with Crippen LogP contribution in [0.5, 0.6) is 0 Å². The van der Waals surface area contributed by atoms with Crippen LogP contribution in [0.1, 0.15) is 26.0 Å². The summed E-state index contributed by atoms with van der Waals surface area (Å²) in [6, 6.07) is 0. The molecule has 0 aliphatic rings. The second-order valence-electron chi connectivity index (χ2n) is 3.89. The summed E-state index contributed by atoms with van der Waals surface area (Å²) in [4.78, 5) is 0. The van der Waals surface area contributed by atoms with E-state index >= 15 is 0 Å². The number of nitrogens with two attached hydrogens (primary N) is 1. The molecule has 0 saturated carbocycles. The fourth-order valence-electron chi connectivity index (χ4n) is 1.65. The van der Waals surface area contributed by atoms with E-state index in [-0.39, 0.29) is 5.41 Å². The van der Waals surface area contributed by atoms with Gasteiger partial charge in [0.25, 0.3) is 0 Å². The molecule has 0 radical (unpaired) electrons. The molecule has 13 heavy (non-hydrogen) atoms. The maximum absolute atomic E-state index is 5.58. The Labute approximate surface area is 87.4 Å². The van der Waals surface area contributed by atoms with Crippen LogP contribution in [0.3, 0.4) is 0 Å². The summed E-state index contributed by atoms with van der Waals surface area (Å²) < 4.78 is 2.97. The van der Waals surface area contributed by atoms with E-state index in [1.165, 1.54) is 5.69 Å². The number of halogens is 1. The van der Waals surface area contributed by atoms with Gasteiger partial charge < -0.3 is 5.73 Å². The molecule has 0 atom stereocenters. The van der Waals surface area contributed by atoms with Crippen molar-refractivity contribution in [3.63, 3.8) is 0 Å². The third kappa shape index (κ3) is 2.11. The van der Waals surface area contributed by atoms with Gasteiger partial charge in [-0.1, -0.05) is 13.8 Å². The quantitative estimate of drug-likeness (QED) is 0.883. The zero-order valence-corrected chi connectivity index (χ0v) is 9.93. The molecule has 1 heterocycles. The molecule has 0 spiro atoms. The van der Waals surface area contributed by atoms with Gasteiger partial charge in [0.15, 0.2) is 0 Å². The zero-order valence-electron chi connectivity index (χ0n) is 8.34. The smallest absolute Gasteiger partial charge is 0.0635 e. The van der Waals surface area contributed by atoms with Gasteiger partial charge in [0.2, 0.25) is 0 Å². The van der Waals surface area contributed by atoms with Gasteiger partial charge in [-0.05, 0) is 28.9 Å². The van der Waals surface area contributed by atoms with Gasteiger partial charge in [0.1, 0.15) is 0 Å². The van der Waals surface area contributed by atoms with Crippen LogP contribution in [0.4, 0.5) is 0 Å². The maximum atomic E-state index is 5.58. The third-order valence-corrected chi connectivity index (χ3v) is 2.88. The summed E-state index contributed by atoms with van der Waals surface area (Å²) >= 11 is 3.50. The first-order chi connectivity index (χ1) is 5.99. The SMILES string of the molecule is Cn1ncc(Br)c1C(C)(C)CCN. The van der Waals surface area contributed by atoms with Gasteiger partial charge in [0.05, 0.1) is 16.4 Å². The summed E-state index contributed by atoms with van der Waals surface area (Å²) in [6.07, 6.45) is 2.79. The fraction of sp³-hybridized carbons (Fsp3) is 0.667. The van der Waals surface area contributed by atoms with E-state index in [1.807, 2.05) is 17.9 Å². The van der Waals surface area contributed by atoms with E-state index in [1.54, 1.807) is 0 Å². The Bertz CT molecular complexity index is 272. The first-order valence-electron chi connectivity index (χ1n) is 4.37. The molecule has 0 aliphatic heterocycles. The molecular weight excluding hydrogens is 230 g/mol. The number of rotatable bonds is 3. The molecule has 74 valence electrons. The lowest BCUT2D eigenvalue weighted by atomic mass is 9.85. The van der Waals surface area contributed by atoms with E-state index in [9.17, 15) is 0 Å². The second-order valence-corrected chi connectivity index (χ2v) is 4.74. The first kappa shape index (κ1) is 10.7. The van der Waals surface area contributed by atoms with E-state index in [2.05, 4.69) is 34.9 Å². The molecule has 0 aliphatic carbocycles. The summed E-state index contributed by atoms with van der Waals surface area (Å²) in [5.41, 5.74) is 6.86. The molecule has 1 rings (SSSR count). The summed E-state index contributed by atoms with van der Waals surface area (Å²) in [6.45, 7) is 5.06. The van der Waals surface area contributed by atoms with Crippen molar-refractivity contribution in [1.29, 1.82) is 0 Å². The molecule has 1 aromatic heterocycles. The molecule has 0 aromatic carbocycles. The predicted molar refractivity (Wildman–Crippen MR) is 57.6 cm³/mol. The molecule has 0 unspecified atom stereocenters. The highest BCUT2D eigenvalue weighted by molar-refractivity contribution is 9.10. The van der Waals surface area contributed by atoms with Crippen molar-refractivity contribution in [2.24, 2.45) is 12.8 Å². The third-order valence-electron chi connectivity index (χ3n) is 2.30. The van der Waals surface area contributed by atoms with Crippen LogP contribution in [0, 0.1) is 0 Å². The van der Waals surface area contributed by atoms with E-state index < -0.39 is 0 Å². The van der Waals surface area contributed by atoms with Gasteiger partial charge in [-0.25, -0.2) is 0 Å². The molecule has 1 aromatic rings. The Morgan fingerprint density at radius 2 is 2.23 bits per heavy atom. The number of aryl methyl sites for hydroxylation is 1. The number of nitrogens with zero attached hydrogens (tertiary/aromatic N) is 2. The average Bonchev–Trinajstić information content (AvgIpc) is 2.31. The number of hydrogen-bond donors (Lipinski definition) is 1. The number of aromatic nitrogens is 2. The van der Waals surface area contributed by atoms with Crippen molar-refractivity contribution < 1.29 is 0 Å². The van der Waals surface area contributed by atoms with Gasteiger partial charge >= 0.3 is 0 Å². The molecule has 3 nitrogen and oxygen atoms in total. The molecule has 0 bridgehead atoms. The molecular formula is C9H16BrN3. The predicted octanol–water partition coefficient (Wildman–Crippen LogP) is 1.81. The Morgan fingerprint density at radius 3 is 2.62 bits per heavy atom. The molecule has 0 amide bonds. The minimum atomic E-state index is 0.0822. The monoisotopic (exact) mass is 245 g/mol. The van der Waals surface area contributed by atoms with Crippen molar-refractivity contribution >= 4 is 15.9 Å². The van der Waals surface area contributed by atoms with E-state index in [0.717, 1.165) is 10.9 Å². The normalized spacial score (nSPS) is 12.1. The van der Waals surface area contributed by atoms with Crippen LogP contribution in [0.2, 0.25) is 0 Å². The van der Waals surface area contributed by atoms with Gasteiger partial charge in [-0.15, -0.1) is 0 Å². The summed E-state index contributed by atoms with van der Waals surface area (Å²) in [7, 11) is 1.96. The minimum Gasteiger partial charge on any atom is -0.330 e. The van der Waals surface area contributed by atoms with Crippen molar-refractivity contribution in [3.05, 3.63) is 16.4 Å². The fourth-order valence-corrected chi connectivity index (χ4v) is 2.54. The van der Waals surface area contributed by atoms with Crippen LogP contribution < -0.4 is 5.73 Å². The summed E-state index contributed by atoms with van der Waals surface area (Å²) in [5, 5.41) is 4.19. The van der Waals surface area contributed by atoms with Crippen LogP contribution in [-0.4, -0.2) is 16.3 Å².